The number of hydrogen-bond acceptors (Lipinski definition) is 8. The van der Waals surface area contributed by atoms with E-state index in [4.69, 9.17) is 9.47 Å². The minimum absolute atomic E-state index is 0.0624. The molecule has 1 N–H and O–H groups in total. The van der Waals surface area contributed by atoms with Gasteiger partial charge in [-0.25, -0.2) is 8.42 Å². The van der Waals surface area contributed by atoms with E-state index in [9.17, 15) is 13.2 Å². The van der Waals surface area contributed by atoms with E-state index in [1.165, 1.54) is 22.8 Å². The van der Waals surface area contributed by atoms with Gasteiger partial charge in [0.1, 0.15) is 16.5 Å². The predicted octanol–water partition coefficient (Wildman–Crippen LogP) is 3.38. The first-order chi connectivity index (χ1) is 15.9. The zero-order valence-corrected chi connectivity index (χ0v) is 19.9. The van der Waals surface area contributed by atoms with Crippen LogP contribution in [0.15, 0.2) is 53.4 Å². The lowest BCUT2D eigenvalue weighted by molar-refractivity contribution is 0.102. The maximum absolute atomic E-state index is 12.9. The Morgan fingerprint density at radius 2 is 1.55 bits per heavy atom. The summed E-state index contributed by atoms with van der Waals surface area (Å²) in [4.78, 5) is 12.8. The second-order valence-electron chi connectivity index (χ2n) is 7.48. The van der Waals surface area contributed by atoms with Crippen molar-refractivity contribution in [3.63, 3.8) is 0 Å². The minimum Gasteiger partial charge on any atom is -0.497 e. The summed E-state index contributed by atoms with van der Waals surface area (Å²) in [5.41, 5.74) is 0.634. The predicted molar refractivity (Wildman–Crippen MR) is 125 cm³/mol. The van der Waals surface area contributed by atoms with Gasteiger partial charge in [0.25, 0.3) is 5.91 Å². The fraction of sp³-hybridized carbons (Fsp3) is 0.318. The molecule has 9 nitrogen and oxygen atoms in total. The Morgan fingerprint density at radius 1 is 0.970 bits per heavy atom. The summed E-state index contributed by atoms with van der Waals surface area (Å²) in [6.45, 7) is 0.762. The molecule has 4 rings (SSSR count). The molecule has 2 aromatic carbocycles. The molecule has 1 amide bonds. The molecule has 2 heterocycles. The molecule has 11 heteroatoms. The van der Waals surface area contributed by atoms with Gasteiger partial charge < -0.3 is 14.8 Å². The van der Waals surface area contributed by atoms with Crippen LogP contribution >= 0.6 is 11.3 Å². The molecule has 0 unspecified atom stereocenters. The number of piperidine rings is 1. The number of rotatable bonds is 7. The van der Waals surface area contributed by atoms with Gasteiger partial charge in [-0.3, -0.25) is 4.79 Å². The fourth-order valence-corrected chi connectivity index (χ4v) is 5.97. The van der Waals surface area contributed by atoms with Gasteiger partial charge in [-0.1, -0.05) is 11.3 Å². The molecule has 1 fully saturated rings. The van der Waals surface area contributed by atoms with Gasteiger partial charge in [-0.2, -0.15) is 4.31 Å². The van der Waals surface area contributed by atoms with Gasteiger partial charge in [0, 0.05) is 24.7 Å². The standard InChI is InChI=1S/C22H24N4O5S2/c1-30-17-5-3-16(4-6-17)23-20(27)22-25-24-21(32-22)15-11-13-26(14-12-15)33(28,29)19-9-7-18(31-2)8-10-19/h3-10,15H,11-14H2,1-2H3,(H,23,27). The van der Waals surface area contributed by atoms with Crippen molar-refractivity contribution in [2.24, 2.45) is 0 Å². The molecule has 0 spiro atoms. The number of anilines is 1. The van der Waals surface area contributed by atoms with Crippen molar-refractivity contribution in [3.05, 3.63) is 58.5 Å². The number of carbonyl (C=O) groups excluding carboxylic acids is 1. The molecule has 0 saturated carbocycles. The summed E-state index contributed by atoms with van der Waals surface area (Å²) in [6.07, 6.45) is 1.23. The van der Waals surface area contributed by atoms with E-state index in [-0.39, 0.29) is 21.7 Å². The van der Waals surface area contributed by atoms with Crippen LogP contribution in [-0.2, 0) is 10.0 Å². The average Bonchev–Trinajstić information content (AvgIpc) is 3.35. The molecule has 33 heavy (non-hydrogen) atoms. The second-order valence-corrected chi connectivity index (χ2v) is 10.4. The van der Waals surface area contributed by atoms with Crippen LogP contribution in [0.4, 0.5) is 5.69 Å². The van der Waals surface area contributed by atoms with E-state index in [0.717, 1.165) is 5.01 Å². The Hall–Kier alpha value is -3.02. The molecule has 0 aliphatic carbocycles. The smallest absolute Gasteiger partial charge is 0.286 e. The number of nitrogens with one attached hydrogen (secondary N) is 1. The number of methoxy groups -OCH3 is 2. The third-order valence-electron chi connectivity index (χ3n) is 5.48. The maximum atomic E-state index is 12.9. The first-order valence-corrected chi connectivity index (χ1v) is 12.6. The van der Waals surface area contributed by atoms with Gasteiger partial charge in [-0.15, -0.1) is 10.2 Å². The van der Waals surface area contributed by atoms with Gasteiger partial charge >= 0.3 is 0 Å². The van der Waals surface area contributed by atoms with Crippen LogP contribution in [0.3, 0.4) is 0 Å². The summed E-state index contributed by atoms with van der Waals surface area (Å²) in [5.74, 6) is 1.04. The molecular weight excluding hydrogens is 464 g/mol. The zero-order chi connectivity index (χ0) is 23.4. The molecule has 174 valence electrons. The van der Waals surface area contributed by atoms with Crippen LogP contribution < -0.4 is 14.8 Å². The molecule has 1 aliphatic rings. The molecule has 1 saturated heterocycles. The topological polar surface area (TPSA) is 111 Å². The molecule has 1 aliphatic heterocycles. The maximum Gasteiger partial charge on any atom is 0.286 e. The number of nitrogens with zero attached hydrogens (tertiary/aromatic N) is 3. The van der Waals surface area contributed by atoms with Crippen molar-refractivity contribution in [3.8, 4) is 11.5 Å². The highest BCUT2D eigenvalue weighted by Gasteiger charge is 2.31. The summed E-state index contributed by atoms with van der Waals surface area (Å²) in [5, 5.41) is 12.1. The third-order valence-corrected chi connectivity index (χ3v) is 8.48. The van der Waals surface area contributed by atoms with Crippen LogP contribution in [0.1, 0.15) is 33.6 Å². The van der Waals surface area contributed by atoms with Crippen molar-refractivity contribution < 1.29 is 22.7 Å². The molecule has 0 bridgehead atoms. The Bertz CT molecular complexity index is 1200. The lowest BCUT2D eigenvalue weighted by atomic mass is 9.99. The van der Waals surface area contributed by atoms with Crippen molar-refractivity contribution in [2.75, 3.05) is 32.6 Å². The van der Waals surface area contributed by atoms with E-state index in [0.29, 0.717) is 43.1 Å². The Balaban J connectivity index is 1.36. The Morgan fingerprint density at radius 3 is 2.12 bits per heavy atom. The van der Waals surface area contributed by atoms with E-state index >= 15 is 0 Å². The second kappa shape index (κ2) is 9.86. The van der Waals surface area contributed by atoms with Crippen molar-refractivity contribution >= 4 is 33.0 Å². The number of benzene rings is 2. The average molecular weight is 489 g/mol. The Kier molecular flexibility index (Phi) is 6.91. The van der Waals surface area contributed by atoms with Gasteiger partial charge in [0.15, 0.2) is 0 Å². The minimum atomic E-state index is -3.57. The van der Waals surface area contributed by atoms with Crippen LogP contribution in [0.2, 0.25) is 0 Å². The van der Waals surface area contributed by atoms with Crippen LogP contribution in [0.5, 0.6) is 11.5 Å². The highest BCUT2D eigenvalue weighted by Crippen LogP contribution is 2.32. The first kappa shape index (κ1) is 23.1. The summed E-state index contributed by atoms with van der Waals surface area (Å²) < 4.78 is 37.6. The van der Waals surface area contributed by atoms with E-state index in [1.54, 1.807) is 55.6 Å². The van der Waals surface area contributed by atoms with Gasteiger partial charge in [-0.05, 0) is 61.4 Å². The van der Waals surface area contributed by atoms with Crippen LogP contribution in [0, 0.1) is 0 Å². The highest BCUT2D eigenvalue weighted by molar-refractivity contribution is 7.89. The van der Waals surface area contributed by atoms with Crippen molar-refractivity contribution in [2.45, 2.75) is 23.7 Å². The number of aromatic nitrogens is 2. The summed E-state index contributed by atoms with van der Waals surface area (Å²) in [7, 11) is -0.452. The molecular formula is C22H24N4O5S2. The largest absolute Gasteiger partial charge is 0.497 e. The number of carbonyl (C=O) groups is 1. The van der Waals surface area contributed by atoms with Crippen molar-refractivity contribution in [1.29, 1.82) is 0 Å². The summed E-state index contributed by atoms with van der Waals surface area (Å²) >= 11 is 1.24. The van der Waals surface area contributed by atoms with Gasteiger partial charge in [0.05, 0.1) is 19.1 Å². The van der Waals surface area contributed by atoms with Gasteiger partial charge in [0.2, 0.25) is 15.0 Å². The van der Waals surface area contributed by atoms with Crippen LogP contribution in [-0.4, -0.2) is 56.1 Å². The number of ether oxygens (including phenoxy) is 2. The number of hydrogen-bond donors (Lipinski definition) is 1. The normalized spacial score (nSPS) is 15.2. The zero-order valence-electron chi connectivity index (χ0n) is 18.2. The number of sulfonamides is 1. The van der Waals surface area contributed by atoms with E-state index in [1.807, 2.05) is 0 Å². The fourth-order valence-electron chi connectivity index (χ4n) is 3.59. The molecule has 0 radical (unpaired) electrons. The van der Waals surface area contributed by atoms with E-state index < -0.39 is 10.0 Å². The lowest BCUT2D eigenvalue weighted by Gasteiger charge is -2.30. The molecule has 1 aromatic heterocycles. The van der Waals surface area contributed by atoms with E-state index in [2.05, 4.69) is 15.5 Å². The Labute approximate surface area is 196 Å². The lowest BCUT2D eigenvalue weighted by Crippen LogP contribution is -2.37. The SMILES string of the molecule is COc1ccc(NC(=O)c2nnc(C3CCN(S(=O)(=O)c4ccc(OC)cc4)CC3)s2)cc1. The van der Waals surface area contributed by atoms with Crippen LogP contribution in [0.25, 0.3) is 0 Å². The molecule has 3 aromatic rings. The monoisotopic (exact) mass is 488 g/mol. The third kappa shape index (κ3) is 5.15. The van der Waals surface area contributed by atoms with Crippen molar-refractivity contribution in [1.82, 2.24) is 14.5 Å². The quantitative estimate of drug-likeness (QED) is 0.543. The molecule has 0 atom stereocenters. The summed E-state index contributed by atoms with van der Waals surface area (Å²) in [6, 6.07) is 13.4. The highest BCUT2D eigenvalue weighted by atomic mass is 32.2. The first-order valence-electron chi connectivity index (χ1n) is 10.3. The number of amides is 1.